The van der Waals surface area contributed by atoms with E-state index in [1.165, 1.54) is 0 Å². The van der Waals surface area contributed by atoms with Crippen molar-refractivity contribution in [3.05, 3.63) is 48.3 Å². The number of nitrogens with one attached hydrogen (secondary N) is 1. The zero-order valence-corrected chi connectivity index (χ0v) is 13.7. The second-order valence-electron chi connectivity index (χ2n) is 5.62. The molecule has 2 aromatic rings. The van der Waals surface area contributed by atoms with Gasteiger partial charge in [0.15, 0.2) is 6.10 Å². The summed E-state index contributed by atoms with van der Waals surface area (Å²) in [5.41, 5.74) is 1.88. The van der Waals surface area contributed by atoms with E-state index in [-0.39, 0.29) is 11.8 Å². The van der Waals surface area contributed by atoms with Crippen LogP contribution in [0.3, 0.4) is 0 Å². The van der Waals surface area contributed by atoms with Gasteiger partial charge in [-0.25, -0.2) is 0 Å². The quantitative estimate of drug-likeness (QED) is 0.938. The van der Waals surface area contributed by atoms with Crippen LogP contribution in [0.5, 0.6) is 5.75 Å². The summed E-state index contributed by atoms with van der Waals surface area (Å²) in [6.07, 6.45) is 3.47. The maximum Gasteiger partial charge on any atom is 0.267 e. The van der Waals surface area contributed by atoms with Crippen molar-refractivity contribution in [2.45, 2.75) is 26.4 Å². The number of anilines is 2. The first-order valence-electron chi connectivity index (χ1n) is 7.93. The zero-order valence-electron chi connectivity index (χ0n) is 13.7. The Morgan fingerprint density at radius 3 is 2.75 bits per heavy atom. The highest BCUT2D eigenvalue weighted by molar-refractivity contribution is 6.05. The molecule has 6 heteroatoms. The molecule has 0 saturated carbocycles. The molecule has 124 valence electrons. The maximum atomic E-state index is 12.3. The molecule has 2 heterocycles. The van der Waals surface area contributed by atoms with Gasteiger partial charge in [0.05, 0.1) is 5.69 Å². The largest absolute Gasteiger partial charge is 0.479 e. The molecule has 0 bridgehead atoms. The molecular formula is C18H19N3O3. The second kappa shape index (κ2) is 6.70. The number of benzene rings is 1. The Bertz CT molecular complexity index is 761. The van der Waals surface area contributed by atoms with Crippen molar-refractivity contribution in [2.24, 2.45) is 0 Å². The Kier molecular flexibility index (Phi) is 4.46. The van der Waals surface area contributed by atoms with Crippen LogP contribution in [0.25, 0.3) is 0 Å². The number of fused-ring (bicyclic) bond motifs is 1. The standard InChI is InChI=1S/C18H19N3O3/c1-3-10-21-15-5-4-14(11-16(15)24-12(2)18(21)23)20-17(22)13-6-8-19-9-7-13/h4-9,11-12H,3,10H2,1-2H3,(H,20,22). The number of carbonyl (C=O) groups is 2. The third-order valence-corrected chi connectivity index (χ3v) is 3.82. The van der Waals surface area contributed by atoms with E-state index in [4.69, 9.17) is 4.74 Å². The van der Waals surface area contributed by atoms with E-state index >= 15 is 0 Å². The van der Waals surface area contributed by atoms with Crippen LogP contribution in [0.4, 0.5) is 11.4 Å². The normalized spacial score (nSPS) is 16.3. The number of rotatable bonds is 4. The van der Waals surface area contributed by atoms with Crippen LogP contribution < -0.4 is 15.0 Å². The van der Waals surface area contributed by atoms with E-state index in [1.807, 2.05) is 6.92 Å². The molecule has 3 rings (SSSR count). The lowest BCUT2D eigenvalue weighted by molar-refractivity contribution is -0.125. The fourth-order valence-electron chi connectivity index (χ4n) is 2.65. The topological polar surface area (TPSA) is 71.5 Å². The SMILES string of the molecule is CCCN1C(=O)C(C)Oc2cc(NC(=O)c3ccncc3)ccc21. The van der Waals surface area contributed by atoms with Crippen LogP contribution in [0, 0.1) is 0 Å². The molecule has 1 aromatic carbocycles. The van der Waals surface area contributed by atoms with Crippen molar-refractivity contribution < 1.29 is 14.3 Å². The molecule has 0 aliphatic carbocycles. The summed E-state index contributed by atoms with van der Waals surface area (Å²) in [7, 11) is 0. The number of pyridine rings is 1. The molecule has 0 saturated heterocycles. The Morgan fingerprint density at radius 2 is 2.04 bits per heavy atom. The smallest absolute Gasteiger partial charge is 0.267 e. The molecule has 2 amide bonds. The zero-order chi connectivity index (χ0) is 17.1. The summed E-state index contributed by atoms with van der Waals surface area (Å²) < 4.78 is 5.70. The Labute approximate surface area is 140 Å². The number of aromatic nitrogens is 1. The van der Waals surface area contributed by atoms with Crippen LogP contribution >= 0.6 is 0 Å². The summed E-state index contributed by atoms with van der Waals surface area (Å²) in [4.78, 5) is 30.1. The van der Waals surface area contributed by atoms with Gasteiger partial charge in [0, 0.05) is 36.3 Å². The summed E-state index contributed by atoms with van der Waals surface area (Å²) in [6, 6.07) is 8.62. The molecule has 1 atom stereocenters. The van der Waals surface area contributed by atoms with Crippen molar-refractivity contribution in [1.82, 2.24) is 4.98 Å². The molecule has 0 fully saturated rings. The molecule has 1 unspecified atom stereocenters. The van der Waals surface area contributed by atoms with Crippen LogP contribution in [-0.4, -0.2) is 29.4 Å². The highest BCUT2D eigenvalue weighted by Gasteiger charge is 2.31. The van der Waals surface area contributed by atoms with E-state index in [1.54, 1.807) is 54.5 Å². The molecule has 1 aliphatic heterocycles. The summed E-state index contributed by atoms with van der Waals surface area (Å²) in [6.45, 7) is 4.40. The van der Waals surface area contributed by atoms with Gasteiger partial charge in [0.25, 0.3) is 11.8 Å². The molecule has 0 spiro atoms. The Hall–Kier alpha value is -2.89. The van der Waals surface area contributed by atoms with Crippen LogP contribution in [0.15, 0.2) is 42.7 Å². The third kappa shape index (κ3) is 3.08. The van der Waals surface area contributed by atoms with E-state index in [2.05, 4.69) is 10.3 Å². The van der Waals surface area contributed by atoms with Gasteiger partial charge < -0.3 is 15.0 Å². The minimum atomic E-state index is -0.532. The number of nitrogens with zero attached hydrogens (tertiary/aromatic N) is 2. The summed E-state index contributed by atoms with van der Waals surface area (Å²) in [5, 5.41) is 2.83. The molecule has 24 heavy (non-hydrogen) atoms. The van der Waals surface area contributed by atoms with Crippen LogP contribution in [0.1, 0.15) is 30.6 Å². The lowest BCUT2D eigenvalue weighted by Crippen LogP contribution is -2.44. The third-order valence-electron chi connectivity index (χ3n) is 3.82. The predicted octanol–water partition coefficient (Wildman–Crippen LogP) is 2.86. The minimum Gasteiger partial charge on any atom is -0.479 e. The van der Waals surface area contributed by atoms with Gasteiger partial charge in [-0.15, -0.1) is 0 Å². The van der Waals surface area contributed by atoms with Crippen LogP contribution in [0.2, 0.25) is 0 Å². The molecule has 1 aromatic heterocycles. The van der Waals surface area contributed by atoms with Gasteiger partial charge >= 0.3 is 0 Å². The average Bonchev–Trinajstić information content (AvgIpc) is 2.59. The highest BCUT2D eigenvalue weighted by Crippen LogP contribution is 2.36. The van der Waals surface area contributed by atoms with Crippen molar-refractivity contribution in [2.75, 3.05) is 16.8 Å². The van der Waals surface area contributed by atoms with Gasteiger partial charge in [-0.2, -0.15) is 0 Å². The fourth-order valence-corrected chi connectivity index (χ4v) is 2.65. The molecular weight excluding hydrogens is 306 g/mol. The first-order valence-corrected chi connectivity index (χ1v) is 7.93. The number of ether oxygens (including phenoxy) is 1. The number of hydrogen-bond donors (Lipinski definition) is 1. The first-order chi connectivity index (χ1) is 11.6. The number of hydrogen-bond acceptors (Lipinski definition) is 4. The fraction of sp³-hybridized carbons (Fsp3) is 0.278. The van der Waals surface area contributed by atoms with E-state index < -0.39 is 6.10 Å². The molecule has 0 radical (unpaired) electrons. The van der Waals surface area contributed by atoms with Crippen molar-refractivity contribution in [3.63, 3.8) is 0 Å². The average molecular weight is 325 g/mol. The highest BCUT2D eigenvalue weighted by atomic mass is 16.5. The molecule has 1 N–H and O–H groups in total. The predicted molar refractivity (Wildman–Crippen MR) is 91.4 cm³/mol. The van der Waals surface area contributed by atoms with Gasteiger partial charge in [-0.1, -0.05) is 6.92 Å². The maximum absolute atomic E-state index is 12.3. The van der Waals surface area contributed by atoms with E-state index in [0.29, 0.717) is 23.5 Å². The molecule has 1 aliphatic rings. The van der Waals surface area contributed by atoms with E-state index in [0.717, 1.165) is 12.1 Å². The summed E-state index contributed by atoms with van der Waals surface area (Å²) >= 11 is 0. The first kappa shape index (κ1) is 16.0. The summed E-state index contributed by atoms with van der Waals surface area (Å²) in [5.74, 6) is 0.337. The minimum absolute atomic E-state index is 0.0436. The van der Waals surface area contributed by atoms with E-state index in [9.17, 15) is 9.59 Å². The van der Waals surface area contributed by atoms with Gasteiger partial charge in [-0.3, -0.25) is 14.6 Å². The number of amides is 2. The van der Waals surface area contributed by atoms with Crippen molar-refractivity contribution in [3.8, 4) is 5.75 Å². The lowest BCUT2D eigenvalue weighted by atomic mass is 10.1. The van der Waals surface area contributed by atoms with Gasteiger partial charge in [0.1, 0.15) is 5.75 Å². The Morgan fingerprint density at radius 1 is 1.29 bits per heavy atom. The van der Waals surface area contributed by atoms with Crippen LogP contribution in [-0.2, 0) is 4.79 Å². The van der Waals surface area contributed by atoms with Gasteiger partial charge in [0.2, 0.25) is 0 Å². The van der Waals surface area contributed by atoms with Gasteiger partial charge in [-0.05, 0) is 37.6 Å². The second-order valence-corrected chi connectivity index (χ2v) is 5.62. The lowest BCUT2D eigenvalue weighted by Gasteiger charge is -2.33. The van der Waals surface area contributed by atoms with Crippen molar-refractivity contribution in [1.29, 1.82) is 0 Å². The van der Waals surface area contributed by atoms with Crippen molar-refractivity contribution >= 4 is 23.2 Å². The monoisotopic (exact) mass is 325 g/mol. The molecule has 6 nitrogen and oxygen atoms in total. The Balaban J connectivity index is 1.85. The number of carbonyl (C=O) groups excluding carboxylic acids is 2.